The van der Waals surface area contributed by atoms with E-state index in [4.69, 9.17) is 4.42 Å². The highest BCUT2D eigenvalue weighted by molar-refractivity contribution is 5.82. The molecule has 1 heterocycles. The number of nitrogens with zero attached hydrogens (tertiary/aromatic N) is 1. The zero-order valence-corrected chi connectivity index (χ0v) is 13.5. The van der Waals surface area contributed by atoms with Crippen molar-refractivity contribution in [3.8, 4) is 5.75 Å². The lowest BCUT2D eigenvalue weighted by molar-refractivity contribution is 0.474. The maximum atomic E-state index is 9.48. The van der Waals surface area contributed by atoms with Gasteiger partial charge in [-0.25, -0.2) is 0 Å². The van der Waals surface area contributed by atoms with Crippen LogP contribution in [0.1, 0.15) is 25.2 Å². The lowest BCUT2D eigenvalue weighted by Gasteiger charge is -2.20. The second-order valence-electron chi connectivity index (χ2n) is 5.47. The monoisotopic (exact) mass is 307 g/mol. The number of fused-ring (bicyclic) bond motifs is 1. The van der Waals surface area contributed by atoms with Gasteiger partial charge in [-0.1, -0.05) is 18.2 Å². The molecule has 1 aromatic heterocycles. The van der Waals surface area contributed by atoms with Gasteiger partial charge in [0.1, 0.15) is 17.1 Å². The van der Waals surface area contributed by atoms with E-state index >= 15 is 0 Å². The number of benzene rings is 2. The van der Waals surface area contributed by atoms with Crippen molar-refractivity contribution in [3.63, 3.8) is 0 Å². The quantitative estimate of drug-likeness (QED) is 0.707. The topological polar surface area (TPSA) is 36.6 Å². The Morgan fingerprint density at radius 3 is 2.39 bits per heavy atom. The average molecular weight is 307 g/mol. The van der Waals surface area contributed by atoms with Crippen molar-refractivity contribution < 1.29 is 9.52 Å². The predicted octanol–water partition coefficient (Wildman–Crippen LogP) is 5.16. The third-order valence-electron chi connectivity index (χ3n) is 3.98. The zero-order chi connectivity index (χ0) is 16.2. The third kappa shape index (κ3) is 3.39. The molecule has 23 heavy (non-hydrogen) atoms. The van der Waals surface area contributed by atoms with Crippen LogP contribution in [-0.4, -0.2) is 18.2 Å². The first-order chi connectivity index (χ1) is 11.2. The minimum atomic E-state index is 0.217. The van der Waals surface area contributed by atoms with Crippen LogP contribution in [0.25, 0.3) is 23.1 Å². The van der Waals surface area contributed by atoms with Crippen molar-refractivity contribution in [1.82, 2.24) is 0 Å². The Labute approximate surface area is 136 Å². The van der Waals surface area contributed by atoms with E-state index in [1.165, 1.54) is 5.69 Å². The number of phenols is 1. The Hall–Kier alpha value is -2.68. The molecule has 2 aromatic carbocycles. The van der Waals surface area contributed by atoms with Crippen molar-refractivity contribution in [3.05, 3.63) is 59.9 Å². The first kappa shape index (κ1) is 15.2. The molecule has 0 saturated heterocycles. The second kappa shape index (κ2) is 6.61. The van der Waals surface area contributed by atoms with Crippen LogP contribution in [-0.2, 0) is 0 Å². The maximum Gasteiger partial charge on any atom is 0.138 e. The molecule has 0 bridgehead atoms. The van der Waals surface area contributed by atoms with Crippen LogP contribution in [0.4, 0.5) is 5.69 Å². The number of hydrogen-bond acceptors (Lipinski definition) is 3. The molecule has 3 heteroatoms. The Morgan fingerprint density at radius 1 is 0.957 bits per heavy atom. The molecule has 0 fully saturated rings. The normalized spacial score (nSPS) is 11.4. The van der Waals surface area contributed by atoms with Crippen LogP contribution in [0, 0.1) is 0 Å². The summed E-state index contributed by atoms with van der Waals surface area (Å²) in [6.07, 6.45) is 3.98. The summed E-state index contributed by atoms with van der Waals surface area (Å²) in [7, 11) is 0. The first-order valence-corrected chi connectivity index (χ1v) is 7.95. The predicted molar refractivity (Wildman–Crippen MR) is 96.8 cm³/mol. The molecule has 0 amide bonds. The Balaban J connectivity index is 1.78. The first-order valence-electron chi connectivity index (χ1n) is 7.95. The van der Waals surface area contributed by atoms with Gasteiger partial charge in [-0.15, -0.1) is 0 Å². The molecular formula is C20H21NO2. The van der Waals surface area contributed by atoms with Crippen LogP contribution >= 0.6 is 0 Å². The fourth-order valence-corrected chi connectivity index (χ4v) is 2.69. The molecule has 1 N–H and O–H groups in total. The van der Waals surface area contributed by atoms with Crippen molar-refractivity contribution in [2.45, 2.75) is 13.8 Å². The number of furan rings is 1. The van der Waals surface area contributed by atoms with Crippen LogP contribution in [0.5, 0.6) is 5.75 Å². The molecule has 3 aromatic rings. The highest BCUT2D eigenvalue weighted by Crippen LogP contribution is 2.25. The highest BCUT2D eigenvalue weighted by atomic mass is 16.3. The minimum Gasteiger partial charge on any atom is -0.508 e. The summed E-state index contributed by atoms with van der Waals surface area (Å²) in [4.78, 5) is 2.32. The fraction of sp³-hybridized carbons (Fsp3) is 0.200. The van der Waals surface area contributed by atoms with Crippen LogP contribution in [0.2, 0.25) is 0 Å². The summed E-state index contributed by atoms with van der Waals surface area (Å²) in [5.41, 5.74) is 3.07. The van der Waals surface area contributed by atoms with E-state index in [9.17, 15) is 5.11 Å². The fourth-order valence-electron chi connectivity index (χ4n) is 2.69. The van der Waals surface area contributed by atoms with E-state index in [1.807, 2.05) is 24.3 Å². The molecule has 0 aliphatic carbocycles. The lowest BCUT2D eigenvalue weighted by atomic mass is 10.1. The molecule has 0 aliphatic rings. The van der Waals surface area contributed by atoms with Gasteiger partial charge >= 0.3 is 0 Å². The largest absolute Gasteiger partial charge is 0.508 e. The van der Waals surface area contributed by atoms with Crippen molar-refractivity contribution in [2.75, 3.05) is 18.0 Å². The third-order valence-corrected chi connectivity index (χ3v) is 3.98. The molecule has 0 radical (unpaired) electrons. The molecule has 118 valence electrons. The molecule has 0 aliphatic heterocycles. The van der Waals surface area contributed by atoms with Gasteiger partial charge in [0.2, 0.25) is 0 Å². The molecule has 3 nitrogen and oxygen atoms in total. The van der Waals surface area contributed by atoms with Gasteiger partial charge in [0.05, 0.1) is 0 Å². The van der Waals surface area contributed by atoms with Crippen molar-refractivity contribution >= 4 is 28.8 Å². The Kier molecular flexibility index (Phi) is 4.38. The van der Waals surface area contributed by atoms with Gasteiger partial charge in [0.15, 0.2) is 0 Å². The van der Waals surface area contributed by atoms with E-state index < -0.39 is 0 Å². The van der Waals surface area contributed by atoms with E-state index in [2.05, 4.69) is 43.0 Å². The zero-order valence-electron chi connectivity index (χ0n) is 13.5. The molecule has 0 unspecified atom stereocenters. The second-order valence-corrected chi connectivity index (χ2v) is 5.47. The summed E-state index contributed by atoms with van der Waals surface area (Å²) in [6, 6.07) is 15.6. The van der Waals surface area contributed by atoms with Crippen LogP contribution < -0.4 is 4.90 Å². The summed E-state index contributed by atoms with van der Waals surface area (Å²) in [5.74, 6) is 0.993. The van der Waals surface area contributed by atoms with Gasteiger partial charge in [0, 0.05) is 30.2 Å². The van der Waals surface area contributed by atoms with Crippen molar-refractivity contribution in [2.24, 2.45) is 0 Å². The van der Waals surface area contributed by atoms with E-state index in [1.54, 1.807) is 12.1 Å². The standard InChI is InChI=1S/C20H21NO2/c1-3-21(4-2)17-9-5-15(6-10-17)7-12-19-13-16-8-11-18(22)14-20(16)23-19/h5-14,22H,3-4H2,1-2H3/b12-7+. The summed E-state index contributed by atoms with van der Waals surface area (Å²) < 4.78 is 5.71. The number of hydrogen-bond donors (Lipinski definition) is 1. The smallest absolute Gasteiger partial charge is 0.138 e. The molecule has 0 atom stereocenters. The number of anilines is 1. The van der Waals surface area contributed by atoms with E-state index in [-0.39, 0.29) is 5.75 Å². The number of phenolic OH excluding ortho intramolecular Hbond substituents is 1. The lowest BCUT2D eigenvalue weighted by Crippen LogP contribution is -2.21. The van der Waals surface area contributed by atoms with Gasteiger partial charge < -0.3 is 14.4 Å². The SMILES string of the molecule is CCN(CC)c1ccc(/C=C/c2cc3ccc(O)cc3o2)cc1. The average Bonchev–Trinajstić information content (AvgIpc) is 2.97. The summed E-state index contributed by atoms with van der Waals surface area (Å²) in [5, 5.41) is 10.5. The van der Waals surface area contributed by atoms with Gasteiger partial charge in [0.25, 0.3) is 0 Å². The van der Waals surface area contributed by atoms with E-state index in [0.717, 1.165) is 29.8 Å². The Morgan fingerprint density at radius 2 is 1.70 bits per heavy atom. The molecule has 0 spiro atoms. The Bertz CT molecular complexity index is 811. The molecular weight excluding hydrogens is 286 g/mol. The highest BCUT2D eigenvalue weighted by Gasteiger charge is 2.03. The van der Waals surface area contributed by atoms with Gasteiger partial charge in [-0.05, 0) is 55.8 Å². The van der Waals surface area contributed by atoms with E-state index in [0.29, 0.717) is 5.58 Å². The molecule has 0 saturated carbocycles. The van der Waals surface area contributed by atoms with Crippen molar-refractivity contribution in [1.29, 1.82) is 0 Å². The van der Waals surface area contributed by atoms with Crippen LogP contribution in [0.3, 0.4) is 0 Å². The van der Waals surface area contributed by atoms with Gasteiger partial charge in [-0.2, -0.15) is 0 Å². The molecule has 3 rings (SSSR count). The number of rotatable bonds is 5. The summed E-state index contributed by atoms with van der Waals surface area (Å²) in [6.45, 7) is 6.35. The van der Waals surface area contributed by atoms with Gasteiger partial charge in [-0.3, -0.25) is 0 Å². The minimum absolute atomic E-state index is 0.217. The van der Waals surface area contributed by atoms with Crippen LogP contribution in [0.15, 0.2) is 52.9 Å². The maximum absolute atomic E-state index is 9.48. The summed E-state index contributed by atoms with van der Waals surface area (Å²) >= 11 is 0. The number of aromatic hydroxyl groups is 1.